The van der Waals surface area contributed by atoms with Crippen LogP contribution < -0.4 is 4.74 Å². The highest BCUT2D eigenvalue weighted by atomic mass is 35.5. The van der Waals surface area contributed by atoms with Gasteiger partial charge >= 0.3 is 11.6 Å². The second kappa shape index (κ2) is 5.19. The number of nitro groups is 1. The van der Waals surface area contributed by atoms with Gasteiger partial charge in [0.2, 0.25) is 5.15 Å². The summed E-state index contributed by atoms with van der Waals surface area (Å²) in [6.45, 7) is 3.81. The van der Waals surface area contributed by atoms with Gasteiger partial charge in [0.1, 0.15) is 12.1 Å². The van der Waals surface area contributed by atoms with Gasteiger partial charge in [0.15, 0.2) is 0 Å². The second-order valence-electron chi connectivity index (χ2n) is 4.00. The van der Waals surface area contributed by atoms with E-state index in [2.05, 4.69) is 9.97 Å². The van der Waals surface area contributed by atoms with E-state index in [0.717, 1.165) is 17.5 Å². The number of halogens is 1. The van der Waals surface area contributed by atoms with Crippen LogP contribution in [0.3, 0.4) is 0 Å². The molecule has 1 aromatic heterocycles. The standard InChI is InChI=1S/C12H10ClN3O3/c1-7-3-8(2)5-9(4-7)19-12-10(16(17)18)11(13)14-6-15-12/h3-6H,1-2H3. The van der Waals surface area contributed by atoms with Crippen molar-refractivity contribution >= 4 is 17.3 Å². The molecule has 0 amide bonds. The van der Waals surface area contributed by atoms with Crippen LogP contribution in [0.5, 0.6) is 11.6 Å². The van der Waals surface area contributed by atoms with E-state index >= 15 is 0 Å². The first-order chi connectivity index (χ1) is 8.97. The molecule has 0 spiro atoms. The highest BCUT2D eigenvalue weighted by molar-refractivity contribution is 6.31. The van der Waals surface area contributed by atoms with Gasteiger partial charge in [0.05, 0.1) is 4.92 Å². The third-order valence-corrected chi connectivity index (χ3v) is 2.61. The average molecular weight is 280 g/mol. The molecule has 1 aromatic carbocycles. The Kier molecular flexibility index (Phi) is 3.62. The molecule has 0 radical (unpaired) electrons. The molecule has 1 heterocycles. The summed E-state index contributed by atoms with van der Waals surface area (Å²) in [6, 6.07) is 5.48. The van der Waals surface area contributed by atoms with E-state index in [4.69, 9.17) is 16.3 Å². The molecule has 0 saturated carbocycles. The first-order valence-electron chi connectivity index (χ1n) is 5.38. The van der Waals surface area contributed by atoms with Crippen LogP contribution in [0, 0.1) is 24.0 Å². The van der Waals surface area contributed by atoms with Crippen molar-refractivity contribution in [2.75, 3.05) is 0 Å². The van der Waals surface area contributed by atoms with Gasteiger partial charge in [-0.1, -0.05) is 17.7 Å². The van der Waals surface area contributed by atoms with Gasteiger partial charge in [0.25, 0.3) is 0 Å². The van der Waals surface area contributed by atoms with Crippen molar-refractivity contribution in [1.29, 1.82) is 0 Å². The maximum atomic E-state index is 10.9. The normalized spacial score (nSPS) is 10.3. The van der Waals surface area contributed by atoms with Crippen LogP contribution in [-0.2, 0) is 0 Å². The molecule has 2 aromatic rings. The molecule has 0 N–H and O–H groups in total. The Morgan fingerprint density at radius 1 is 1.21 bits per heavy atom. The molecule has 2 rings (SSSR count). The summed E-state index contributed by atoms with van der Waals surface area (Å²) in [5.41, 5.74) is 1.53. The Morgan fingerprint density at radius 2 is 1.84 bits per heavy atom. The first-order valence-corrected chi connectivity index (χ1v) is 5.76. The number of ether oxygens (including phenoxy) is 1. The molecular weight excluding hydrogens is 270 g/mol. The maximum Gasteiger partial charge on any atom is 0.368 e. The summed E-state index contributed by atoms with van der Waals surface area (Å²) in [5, 5.41) is 10.7. The highest BCUT2D eigenvalue weighted by Crippen LogP contribution is 2.33. The van der Waals surface area contributed by atoms with E-state index in [-0.39, 0.29) is 11.0 Å². The van der Waals surface area contributed by atoms with Crippen LogP contribution >= 0.6 is 11.6 Å². The number of nitrogens with zero attached hydrogens (tertiary/aromatic N) is 3. The van der Waals surface area contributed by atoms with E-state index in [1.54, 1.807) is 12.1 Å². The quantitative estimate of drug-likeness (QED) is 0.488. The summed E-state index contributed by atoms with van der Waals surface area (Å²) < 4.78 is 5.44. The SMILES string of the molecule is Cc1cc(C)cc(Oc2ncnc(Cl)c2[N+](=O)[O-])c1. The Labute approximate surface area is 114 Å². The molecule has 0 fully saturated rings. The number of aryl methyl sites for hydroxylation is 2. The molecule has 7 heteroatoms. The van der Waals surface area contributed by atoms with Crippen LogP contribution in [0.4, 0.5) is 5.69 Å². The fourth-order valence-corrected chi connectivity index (χ4v) is 1.87. The van der Waals surface area contributed by atoms with Crippen LogP contribution in [-0.4, -0.2) is 14.9 Å². The Bertz CT molecular complexity index is 626. The van der Waals surface area contributed by atoms with Crippen molar-refractivity contribution in [2.24, 2.45) is 0 Å². The molecule has 0 aliphatic carbocycles. The number of benzene rings is 1. The zero-order valence-corrected chi connectivity index (χ0v) is 11.0. The molecule has 0 saturated heterocycles. The summed E-state index contributed by atoms with van der Waals surface area (Å²) in [7, 11) is 0. The van der Waals surface area contributed by atoms with Gasteiger partial charge in [-0.15, -0.1) is 0 Å². The van der Waals surface area contributed by atoms with Crippen LogP contribution in [0.25, 0.3) is 0 Å². The monoisotopic (exact) mass is 279 g/mol. The van der Waals surface area contributed by atoms with Gasteiger partial charge in [-0.3, -0.25) is 10.1 Å². The van der Waals surface area contributed by atoms with E-state index in [1.165, 1.54) is 0 Å². The minimum Gasteiger partial charge on any atom is -0.434 e. The summed E-state index contributed by atoms with van der Waals surface area (Å²) in [4.78, 5) is 17.6. The lowest BCUT2D eigenvalue weighted by atomic mass is 10.1. The number of hydrogen-bond donors (Lipinski definition) is 0. The predicted molar refractivity (Wildman–Crippen MR) is 69.7 cm³/mol. The van der Waals surface area contributed by atoms with Crippen molar-refractivity contribution in [3.63, 3.8) is 0 Å². The van der Waals surface area contributed by atoms with Gasteiger partial charge in [-0.2, -0.15) is 4.98 Å². The van der Waals surface area contributed by atoms with Crippen molar-refractivity contribution in [1.82, 2.24) is 9.97 Å². The largest absolute Gasteiger partial charge is 0.434 e. The van der Waals surface area contributed by atoms with E-state index in [0.29, 0.717) is 5.75 Å². The lowest BCUT2D eigenvalue weighted by Crippen LogP contribution is -1.98. The molecule has 0 aliphatic rings. The van der Waals surface area contributed by atoms with Crippen molar-refractivity contribution in [3.05, 3.63) is 50.9 Å². The Balaban J connectivity index is 2.43. The van der Waals surface area contributed by atoms with Crippen molar-refractivity contribution in [3.8, 4) is 11.6 Å². The van der Waals surface area contributed by atoms with Gasteiger partial charge in [-0.05, 0) is 37.1 Å². The average Bonchev–Trinajstić information content (AvgIpc) is 2.26. The van der Waals surface area contributed by atoms with Crippen molar-refractivity contribution < 1.29 is 9.66 Å². The third kappa shape index (κ3) is 2.97. The molecule has 0 bridgehead atoms. The van der Waals surface area contributed by atoms with E-state index in [1.807, 2.05) is 19.9 Å². The predicted octanol–water partition coefficient (Wildman–Crippen LogP) is 3.45. The molecule has 6 nitrogen and oxygen atoms in total. The summed E-state index contributed by atoms with van der Waals surface area (Å²) >= 11 is 5.68. The highest BCUT2D eigenvalue weighted by Gasteiger charge is 2.23. The summed E-state index contributed by atoms with van der Waals surface area (Å²) in [5.74, 6) is 0.297. The second-order valence-corrected chi connectivity index (χ2v) is 4.36. The molecular formula is C12H10ClN3O3. The Hall–Kier alpha value is -2.21. The topological polar surface area (TPSA) is 78.2 Å². The van der Waals surface area contributed by atoms with Crippen molar-refractivity contribution in [2.45, 2.75) is 13.8 Å². The minimum absolute atomic E-state index is 0.171. The lowest BCUT2D eigenvalue weighted by molar-refractivity contribution is -0.386. The number of hydrogen-bond acceptors (Lipinski definition) is 5. The smallest absolute Gasteiger partial charge is 0.368 e. The lowest BCUT2D eigenvalue weighted by Gasteiger charge is -2.07. The molecule has 0 aliphatic heterocycles. The number of rotatable bonds is 3. The first kappa shape index (κ1) is 13.2. The van der Waals surface area contributed by atoms with Crippen LogP contribution in [0.1, 0.15) is 11.1 Å². The molecule has 0 atom stereocenters. The zero-order valence-electron chi connectivity index (χ0n) is 10.3. The fraction of sp³-hybridized carbons (Fsp3) is 0.167. The molecule has 98 valence electrons. The third-order valence-electron chi connectivity index (χ3n) is 2.34. The Morgan fingerprint density at radius 3 is 2.42 bits per heavy atom. The van der Waals surface area contributed by atoms with E-state index < -0.39 is 10.6 Å². The molecule has 0 unspecified atom stereocenters. The maximum absolute atomic E-state index is 10.9. The van der Waals surface area contributed by atoms with Crippen LogP contribution in [0.15, 0.2) is 24.5 Å². The van der Waals surface area contributed by atoms with E-state index in [9.17, 15) is 10.1 Å². The fourth-order valence-electron chi connectivity index (χ4n) is 1.67. The minimum atomic E-state index is -0.666. The zero-order chi connectivity index (χ0) is 14.0. The number of aromatic nitrogens is 2. The van der Waals surface area contributed by atoms with Gasteiger partial charge in [0, 0.05) is 0 Å². The molecule has 19 heavy (non-hydrogen) atoms. The summed E-state index contributed by atoms with van der Waals surface area (Å²) in [6.07, 6.45) is 1.12. The van der Waals surface area contributed by atoms with Crippen LogP contribution in [0.2, 0.25) is 5.15 Å². The van der Waals surface area contributed by atoms with Gasteiger partial charge in [-0.25, -0.2) is 4.98 Å². The van der Waals surface area contributed by atoms with Gasteiger partial charge < -0.3 is 4.74 Å².